The second-order valence-corrected chi connectivity index (χ2v) is 4.20. The van der Waals surface area contributed by atoms with E-state index >= 15 is 0 Å². The van der Waals surface area contributed by atoms with E-state index in [4.69, 9.17) is 5.73 Å². The second-order valence-electron chi connectivity index (χ2n) is 4.20. The number of nitrogens with two attached hydrogens (primary N) is 1. The highest BCUT2D eigenvalue weighted by atomic mass is 15.1. The molecule has 1 aromatic heterocycles. The lowest BCUT2D eigenvalue weighted by Crippen LogP contribution is -2.17. The van der Waals surface area contributed by atoms with Gasteiger partial charge in [-0.25, -0.2) is 4.98 Å². The first-order valence-corrected chi connectivity index (χ1v) is 5.51. The molecule has 3 heteroatoms. The third-order valence-electron chi connectivity index (χ3n) is 2.57. The van der Waals surface area contributed by atoms with Gasteiger partial charge in [-0.3, -0.25) is 0 Å². The maximum absolute atomic E-state index is 5.80. The Bertz CT molecular complexity index is 472. The molecule has 0 saturated carbocycles. The summed E-state index contributed by atoms with van der Waals surface area (Å²) in [5, 5.41) is 0. The minimum atomic E-state index is 0.194. The topological polar surface area (TPSA) is 43.8 Å². The van der Waals surface area contributed by atoms with Crippen molar-refractivity contribution in [3.63, 3.8) is 0 Å². The molecular weight excluding hydrogens is 198 g/mol. The summed E-state index contributed by atoms with van der Waals surface area (Å²) in [5.74, 6) is 0.998. The van der Waals surface area contributed by atoms with E-state index in [1.54, 1.807) is 0 Å². The van der Waals surface area contributed by atoms with Crippen molar-refractivity contribution in [3.05, 3.63) is 48.0 Å². The van der Waals surface area contributed by atoms with E-state index in [0.29, 0.717) is 0 Å². The first-order valence-electron chi connectivity index (χ1n) is 5.51. The second kappa shape index (κ2) is 4.49. The molecule has 2 N–H and O–H groups in total. The van der Waals surface area contributed by atoms with Gasteiger partial charge in [-0.2, -0.15) is 0 Å². The fourth-order valence-corrected chi connectivity index (χ4v) is 1.86. The van der Waals surface area contributed by atoms with Gasteiger partial charge in [0.05, 0.1) is 0 Å². The summed E-state index contributed by atoms with van der Waals surface area (Å²) >= 11 is 0. The molecule has 1 heterocycles. The van der Waals surface area contributed by atoms with Gasteiger partial charge in [-0.05, 0) is 38.0 Å². The quantitative estimate of drug-likeness (QED) is 0.851. The summed E-state index contributed by atoms with van der Waals surface area (Å²) in [7, 11) is 0. The number of rotatable bonds is 3. The van der Waals surface area contributed by atoms with Gasteiger partial charge in [0.2, 0.25) is 0 Å². The molecule has 0 aliphatic rings. The van der Waals surface area contributed by atoms with Crippen LogP contribution in [0.1, 0.15) is 18.3 Å². The van der Waals surface area contributed by atoms with Crippen LogP contribution in [0.5, 0.6) is 0 Å². The lowest BCUT2D eigenvalue weighted by Gasteiger charge is -2.09. The Morgan fingerprint density at radius 1 is 1.44 bits per heavy atom. The van der Waals surface area contributed by atoms with Gasteiger partial charge < -0.3 is 10.3 Å². The molecule has 0 aliphatic carbocycles. The van der Waals surface area contributed by atoms with Crippen LogP contribution in [0, 0.1) is 6.92 Å². The van der Waals surface area contributed by atoms with Crippen LogP contribution in [-0.4, -0.2) is 15.6 Å². The van der Waals surface area contributed by atoms with E-state index < -0.39 is 0 Å². The van der Waals surface area contributed by atoms with Gasteiger partial charge in [0, 0.05) is 24.1 Å². The molecule has 1 atom stereocenters. The van der Waals surface area contributed by atoms with Crippen LogP contribution in [0.15, 0.2) is 36.7 Å². The monoisotopic (exact) mass is 215 g/mol. The number of nitrogens with zero attached hydrogens (tertiary/aromatic N) is 2. The lowest BCUT2D eigenvalue weighted by atomic mass is 10.1. The maximum atomic E-state index is 5.80. The first-order chi connectivity index (χ1) is 7.66. The number of hydrogen-bond donors (Lipinski definition) is 1. The minimum Gasteiger partial charge on any atom is -0.328 e. The molecule has 3 nitrogen and oxygen atoms in total. The summed E-state index contributed by atoms with van der Waals surface area (Å²) < 4.78 is 2.07. The van der Waals surface area contributed by atoms with E-state index in [1.807, 2.05) is 26.2 Å². The molecule has 0 fully saturated rings. The van der Waals surface area contributed by atoms with E-state index in [2.05, 4.69) is 33.8 Å². The molecule has 2 rings (SSSR count). The molecule has 0 radical (unpaired) electrons. The molecule has 1 aromatic carbocycles. The van der Waals surface area contributed by atoms with Crippen LogP contribution in [0.3, 0.4) is 0 Å². The molecule has 0 saturated heterocycles. The standard InChI is InChI=1S/C13H17N3/c1-10(14)8-12-4-3-5-13(9-12)16-7-6-15-11(16)2/h3-7,9-10H,8,14H2,1-2H3. The summed E-state index contributed by atoms with van der Waals surface area (Å²) in [6.45, 7) is 4.02. The fourth-order valence-electron chi connectivity index (χ4n) is 1.86. The Labute approximate surface area is 95.9 Å². The van der Waals surface area contributed by atoms with Crippen molar-refractivity contribution in [1.82, 2.24) is 9.55 Å². The highest BCUT2D eigenvalue weighted by Gasteiger charge is 2.02. The Morgan fingerprint density at radius 2 is 2.25 bits per heavy atom. The predicted octanol–water partition coefficient (Wildman–Crippen LogP) is 2.07. The number of aryl methyl sites for hydroxylation is 1. The average molecular weight is 215 g/mol. The van der Waals surface area contributed by atoms with Crippen LogP contribution >= 0.6 is 0 Å². The number of benzene rings is 1. The Hall–Kier alpha value is -1.61. The zero-order valence-electron chi connectivity index (χ0n) is 9.72. The van der Waals surface area contributed by atoms with E-state index in [1.165, 1.54) is 5.56 Å². The van der Waals surface area contributed by atoms with Crippen molar-refractivity contribution < 1.29 is 0 Å². The molecule has 0 spiro atoms. The Balaban J connectivity index is 2.33. The highest BCUT2D eigenvalue weighted by molar-refractivity contribution is 5.37. The van der Waals surface area contributed by atoms with Gasteiger partial charge in [-0.1, -0.05) is 12.1 Å². The SMILES string of the molecule is Cc1nccn1-c1cccc(CC(C)N)c1. The zero-order valence-corrected chi connectivity index (χ0v) is 9.72. The third-order valence-corrected chi connectivity index (χ3v) is 2.57. The molecule has 1 unspecified atom stereocenters. The van der Waals surface area contributed by atoms with Crippen molar-refractivity contribution in [2.24, 2.45) is 5.73 Å². The molecule has 0 bridgehead atoms. The summed E-state index contributed by atoms with van der Waals surface area (Å²) in [5.41, 5.74) is 8.21. The van der Waals surface area contributed by atoms with Gasteiger partial charge in [0.1, 0.15) is 5.82 Å². The van der Waals surface area contributed by atoms with Crippen LogP contribution in [0.25, 0.3) is 5.69 Å². The smallest absolute Gasteiger partial charge is 0.110 e. The van der Waals surface area contributed by atoms with Gasteiger partial charge in [-0.15, -0.1) is 0 Å². The van der Waals surface area contributed by atoms with Crippen molar-refractivity contribution in [2.75, 3.05) is 0 Å². The molecule has 16 heavy (non-hydrogen) atoms. The summed E-state index contributed by atoms with van der Waals surface area (Å²) in [6, 6.07) is 8.61. The number of aromatic nitrogens is 2. The van der Waals surface area contributed by atoms with Gasteiger partial charge in [0.25, 0.3) is 0 Å². The van der Waals surface area contributed by atoms with Crippen LogP contribution in [-0.2, 0) is 6.42 Å². The minimum absolute atomic E-state index is 0.194. The fraction of sp³-hybridized carbons (Fsp3) is 0.308. The molecule has 0 amide bonds. The van der Waals surface area contributed by atoms with Crippen LogP contribution in [0.2, 0.25) is 0 Å². The molecular formula is C13H17N3. The van der Waals surface area contributed by atoms with E-state index in [0.717, 1.165) is 17.9 Å². The predicted molar refractivity (Wildman–Crippen MR) is 65.7 cm³/mol. The van der Waals surface area contributed by atoms with E-state index in [9.17, 15) is 0 Å². The van der Waals surface area contributed by atoms with Crippen molar-refractivity contribution in [3.8, 4) is 5.69 Å². The van der Waals surface area contributed by atoms with Crippen molar-refractivity contribution in [1.29, 1.82) is 0 Å². The van der Waals surface area contributed by atoms with Crippen molar-refractivity contribution >= 4 is 0 Å². The average Bonchev–Trinajstić information content (AvgIpc) is 2.64. The number of imidazole rings is 1. The van der Waals surface area contributed by atoms with Crippen molar-refractivity contribution in [2.45, 2.75) is 26.3 Å². The van der Waals surface area contributed by atoms with Gasteiger partial charge in [0.15, 0.2) is 0 Å². The van der Waals surface area contributed by atoms with Crippen LogP contribution in [0.4, 0.5) is 0 Å². The highest BCUT2D eigenvalue weighted by Crippen LogP contribution is 2.13. The molecule has 0 aliphatic heterocycles. The van der Waals surface area contributed by atoms with Crippen LogP contribution < -0.4 is 5.73 Å². The Kier molecular flexibility index (Phi) is 3.06. The zero-order chi connectivity index (χ0) is 11.5. The normalized spacial score (nSPS) is 12.7. The summed E-state index contributed by atoms with van der Waals surface area (Å²) in [4.78, 5) is 4.22. The lowest BCUT2D eigenvalue weighted by molar-refractivity contribution is 0.737. The summed E-state index contributed by atoms with van der Waals surface area (Å²) in [6.07, 6.45) is 4.69. The maximum Gasteiger partial charge on any atom is 0.110 e. The van der Waals surface area contributed by atoms with Gasteiger partial charge >= 0.3 is 0 Å². The molecule has 84 valence electrons. The largest absolute Gasteiger partial charge is 0.328 e. The molecule has 2 aromatic rings. The number of hydrogen-bond acceptors (Lipinski definition) is 2. The van der Waals surface area contributed by atoms with E-state index in [-0.39, 0.29) is 6.04 Å². The first kappa shape index (κ1) is 10.9. The Morgan fingerprint density at radius 3 is 2.88 bits per heavy atom. The third kappa shape index (κ3) is 2.31.